The zero-order valence-electron chi connectivity index (χ0n) is 17.7. The normalized spacial score (nSPS) is 11.0. The molecule has 0 bridgehead atoms. The fraction of sp³-hybridized carbons (Fsp3) is 0.364. The number of nitrogens with one attached hydrogen (secondary N) is 3. The fourth-order valence-corrected chi connectivity index (χ4v) is 2.61. The Kier molecular flexibility index (Phi) is 12.0. The molecule has 30 heavy (non-hydrogen) atoms. The van der Waals surface area contributed by atoms with E-state index >= 15 is 0 Å². The average molecular weight is 527 g/mol. The Morgan fingerprint density at radius 1 is 1.03 bits per heavy atom. The molecule has 0 spiro atoms. The minimum atomic E-state index is -0.250. The van der Waals surface area contributed by atoms with Gasteiger partial charge in [-0.15, -0.1) is 24.0 Å². The number of guanidine groups is 1. The van der Waals surface area contributed by atoms with Crippen molar-refractivity contribution < 1.29 is 9.18 Å². The number of carbonyl (C=O) groups excluding carboxylic acids is 1. The summed E-state index contributed by atoms with van der Waals surface area (Å²) in [4.78, 5) is 18.9. The number of carbonyl (C=O) groups is 1. The van der Waals surface area contributed by atoms with Crippen LogP contribution < -0.4 is 16.0 Å². The summed E-state index contributed by atoms with van der Waals surface area (Å²) >= 11 is 0. The van der Waals surface area contributed by atoms with Crippen molar-refractivity contribution in [2.75, 3.05) is 33.7 Å². The van der Waals surface area contributed by atoms with Crippen LogP contribution in [0.15, 0.2) is 53.5 Å². The largest absolute Gasteiger partial charge is 0.357 e. The SMILES string of the molecule is CCNC(=NCc1cccc(C(=O)NCCN(C)C)c1)NCc1ccc(F)cc1.I. The number of nitrogens with zero attached hydrogens (tertiary/aromatic N) is 2. The van der Waals surface area contributed by atoms with E-state index in [1.165, 1.54) is 12.1 Å². The summed E-state index contributed by atoms with van der Waals surface area (Å²) in [6.07, 6.45) is 0. The second kappa shape index (κ2) is 13.9. The quantitative estimate of drug-likeness (QED) is 0.267. The Balaban J connectivity index is 0.00000450. The first-order chi connectivity index (χ1) is 14.0. The number of aliphatic imine (C=N–C) groups is 1. The standard InChI is InChI=1S/C22H30FN5O.HI/c1-4-24-22(26-15-17-8-10-20(23)11-9-17)27-16-18-6-5-7-19(14-18)21(29)25-12-13-28(2)3;/h5-11,14H,4,12-13,15-16H2,1-3H3,(H,25,29)(H2,24,26,27);1H. The van der Waals surface area contributed by atoms with Crippen molar-refractivity contribution in [1.29, 1.82) is 0 Å². The maximum absolute atomic E-state index is 13.0. The summed E-state index contributed by atoms with van der Waals surface area (Å²) in [6, 6.07) is 13.8. The Bertz CT molecular complexity index is 811. The molecule has 0 heterocycles. The van der Waals surface area contributed by atoms with Crippen LogP contribution in [0.1, 0.15) is 28.4 Å². The molecular weight excluding hydrogens is 496 g/mol. The Morgan fingerprint density at radius 2 is 1.77 bits per heavy atom. The van der Waals surface area contributed by atoms with Gasteiger partial charge < -0.3 is 20.9 Å². The Morgan fingerprint density at radius 3 is 2.43 bits per heavy atom. The van der Waals surface area contributed by atoms with Gasteiger partial charge in [0.1, 0.15) is 5.82 Å². The molecule has 3 N–H and O–H groups in total. The molecule has 1 amide bonds. The van der Waals surface area contributed by atoms with Crippen molar-refractivity contribution >= 4 is 35.8 Å². The molecule has 0 atom stereocenters. The molecule has 8 heteroatoms. The first-order valence-electron chi connectivity index (χ1n) is 9.76. The molecule has 0 unspecified atom stereocenters. The van der Waals surface area contributed by atoms with Crippen LogP contribution in [0.5, 0.6) is 0 Å². The first-order valence-corrected chi connectivity index (χ1v) is 9.76. The predicted octanol–water partition coefficient (Wildman–Crippen LogP) is 2.99. The Labute approximate surface area is 195 Å². The minimum absolute atomic E-state index is 0. The molecule has 0 fully saturated rings. The zero-order valence-corrected chi connectivity index (χ0v) is 20.1. The second-order valence-corrected chi connectivity index (χ2v) is 6.93. The molecule has 6 nitrogen and oxygen atoms in total. The van der Waals surface area contributed by atoms with E-state index in [1.54, 1.807) is 18.2 Å². The maximum Gasteiger partial charge on any atom is 0.251 e. The Hall–Kier alpha value is -2.20. The van der Waals surface area contributed by atoms with Crippen LogP contribution in [0.3, 0.4) is 0 Å². The fourth-order valence-electron chi connectivity index (χ4n) is 2.61. The van der Waals surface area contributed by atoms with Crippen LogP contribution in [0.25, 0.3) is 0 Å². The van der Waals surface area contributed by atoms with Gasteiger partial charge in [-0.05, 0) is 56.4 Å². The van der Waals surface area contributed by atoms with E-state index in [-0.39, 0.29) is 35.7 Å². The van der Waals surface area contributed by atoms with E-state index in [2.05, 4.69) is 20.9 Å². The lowest BCUT2D eigenvalue weighted by molar-refractivity contribution is 0.0951. The van der Waals surface area contributed by atoms with E-state index in [0.29, 0.717) is 31.2 Å². The molecule has 0 aliphatic heterocycles. The van der Waals surface area contributed by atoms with E-state index in [4.69, 9.17) is 0 Å². The van der Waals surface area contributed by atoms with Crippen LogP contribution in [0.4, 0.5) is 4.39 Å². The molecule has 0 saturated carbocycles. The summed E-state index contributed by atoms with van der Waals surface area (Å²) in [6.45, 7) is 5.10. The number of hydrogen-bond acceptors (Lipinski definition) is 3. The molecule has 0 saturated heterocycles. The van der Waals surface area contributed by atoms with Crippen LogP contribution in [-0.4, -0.2) is 50.5 Å². The molecule has 0 radical (unpaired) electrons. The number of halogens is 2. The number of benzene rings is 2. The third-order valence-electron chi connectivity index (χ3n) is 4.17. The van der Waals surface area contributed by atoms with Gasteiger partial charge in [-0.3, -0.25) is 4.79 Å². The van der Waals surface area contributed by atoms with Crippen LogP contribution in [-0.2, 0) is 13.1 Å². The van der Waals surface area contributed by atoms with E-state index in [0.717, 1.165) is 24.2 Å². The third kappa shape index (κ3) is 9.53. The highest BCUT2D eigenvalue weighted by molar-refractivity contribution is 14.0. The van der Waals surface area contributed by atoms with Gasteiger partial charge in [0.25, 0.3) is 5.91 Å². The number of amides is 1. The van der Waals surface area contributed by atoms with Gasteiger partial charge >= 0.3 is 0 Å². The maximum atomic E-state index is 13.0. The second-order valence-electron chi connectivity index (χ2n) is 6.93. The third-order valence-corrected chi connectivity index (χ3v) is 4.17. The number of hydrogen-bond donors (Lipinski definition) is 3. The van der Waals surface area contributed by atoms with Gasteiger partial charge in [0.15, 0.2) is 5.96 Å². The summed E-state index contributed by atoms with van der Waals surface area (Å²) in [7, 11) is 3.94. The number of rotatable bonds is 9. The van der Waals surface area contributed by atoms with Gasteiger partial charge in [0.05, 0.1) is 6.54 Å². The lowest BCUT2D eigenvalue weighted by Gasteiger charge is -2.12. The van der Waals surface area contributed by atoms with Crippen LogP contribution in [0.2, 0.25) is 0 Å². The van der Waals surface area contributed by atoms with Crippen molar-refractivity contribution in [1.82, 2.24) is 20.9 Å². The summed E-state index contributed by atoms with van der Waals surface area (Å²) in [5, 5.41) is 9.34. The highest BCUT2D eigenvalue weighted by atomic mass is 127. The smallest absolute Gasteiger partial charge is 0.251 e. The lowest BCUT2D eigenvalue weighted by atomic mass is 10.1. The zero-order chi connectivity index (χ0) is 21.1. The molecule has 0 aliphatic rings. The van der Waals surface area contributed by atoms with Crippen LogP contribution >= 0.6 is 24.0 Å². The molecule has 164 valence electrons. The molecule has 2 aromatic carbocycles. The summed E-state index contributed by atoms with van der Waals surface area (Å²) in [5.74, 6) is 0.330. The monoisotopic (exact) mass is 527 g/mol. The lowest BCUT2D eigenvalue weighted by Crippen LogP contribution is -2.36. The van der Waals surface area contributed by atoms with Gasteiger partial charge in [-0.2, -0.15) is 0 Å². The molecule has 0 aromatic heterocycles. The van der Waals surface area contributed by atoms with Crippen LogP contribution in [0, 0.1) is 5.82 Å². The van der Waals surface area contributed by atoms with E-state index in [1.807, 2.05) is 44.1 Å². The summed E-state index contributed by atoms with van der Waals surface area (Å²) in [5.41, 5.74) is 2.54. The van der Waals surface area contributed by atoms with Gasteiger partial charge in [0.2, 0.25) is 0 Å². The molecule has 0 aliphatic carbocycles. The highest BCUT2D eigenvalue weighted by Crippen LogP contribution is 2.07. The first kappa shape index (κ1) is 25.8. The predicted molar refractivity (Wildman–Crippen MR) is 131 cm³/mol. The minimum Gasteiger partial charge on any atom is -0.357 e. The van der Waals surface area contributed by atoms with Gasteiger partial charge in [0, 0.05) is 31.7 Å². The molecule has 2 rings (SSSR count). The van der Waals surface area contributed by atoms with Crippen molar-refractivity contribution in [3.63, 3.8) is 0 Å². The topological polar surface area (TPSA) is 68.8 Å². The van der Waals surface area contributed by atoms with Gasteiger partial charge in [-0.1, -0.05) is 24.3 Å². The van der Waals surface area contributed by atoms with Gasteiger partial charge in [-0.25, -0.2) is 9.38 Å². The van der Waals surface area contributed by atoms with Crippen molar-refractivity contribution in [3.8, 4) is 0 Å². The average Bonchev–Trinajstić information content (AvgIpc) is 2.71. The summed E-state index contributed by atoms with van der Waals surface area (Å²) < 4.78 is 13.0. The highest BCUT2D eigenvalue weighted by Gasteiger charge is 2.06. The number of likely N-dealkylation sites (N-methyl/N-ethyl adjacent to an activating group) is 1. The molecular formula is C22H31FIN5O. The van der Waals surface area contributed by atoms with E-state index < -0.39 is 0 Å². The van der Waals surface area contributed by atoms with Crippen molar-refractivity contribution in [2.24, 2.45) is 4.99 Å². The van der Waals surface area contributed by atoms with E-state index in [9.17, 15) is 9.18 Å². The molecule has 2 aromatic rings. The van der Waals surface area contributed by atoms with Crippen molar-refractivity contribution in [3.05, 3.63) is 71.0 Å². The van der Waals surface area contributed by atoms with Crippen molar-refractivity contribution in [2.45, 2.75) is 20.0 Å².